The van der Waals surface area contributed by atoms with E-state index < -0.39 is 11.7 Å². The Bertz CT molecular complexity index is 337. The highest BCUT2D eigenvalue weighted by atomic mass is 79.9. The summed E-state index contributed by atoms with van der Waals surface area (Å²) in [5, 5.41) is -0.367. The van der Waals surface area contributed by atoms with Crippen LogP contribution in [0.15, 0.2) is 16.6 Å². The van der Waals surface area contributed by atoms with Gasteiger partial charge in [-0.1, -0.05) is 11.6 Å². The topological polar surface area (TPSA) is 26.0 Å². The molecule has 0 aromatic heterocycles. The molecular formula is C7H4BrClF3N. The highest BCUT2D eigenvalue weighted by Crippen LogP contribution is 2.38. The van der Waals surface area contributed by atoms with E-state index in [-0.39, 0.29) is 10.7 Å². The zero-order chi connectivity index (χ0) is 10.2. The monoisotopic (exact) mass is 273 g/mol. The van der Waals surface area contributed by atoms with Gasteiger partial charge in [0.1, 0.15) is 0 Å². The van der Waals surface area contributed by atoms with E-state index in [0.717, 1.165) is 12.1 Å². The summed E-state index contributed by atoms with van der Waals surface area (Å²) in [6.45, 7) is 0. The minimum absolute atomic E-state index is 0.0109. The second-order valence-electron chi connectivity index (χ2n) is 2.35. The first-order valence-electron chi connectivity index (χ1n) is 3.14. The fraction of sp³-hybridized carbons (Fsp3) is 0.143. The standard InChI is InChI=1S/C7H4BrClF3N/c8-4-2-5(9)3(1-6(4)13)7(10,11)12/h1-2H,13H2. The molecule has 0 saturated carbocycles. The molecule has 0 unspecified atom stereocenters. The maximum absolute atomic E-state index is 12.2. The van der Waals surface area contributed by atoms with Crippen molar-refractivity contribution in [2.45, 2.75) is 6.18 Å². The summed E-state index contributed by atoms with van der Waals surface area (Å²) < 4.78 is 37.0. The molecule has 0 amide bonds. The van der Waals surface area contributed by atoms with Gasteiger partial charge in [0.05, 0.1) is 10.6 Å². The third-order valence-corrected chi connectivity index (χ3v) is 2.39. The summed E-state index contributed by atoms with van der Waals surface area (Å²) in [5.74, 6) is 0. The van der Waals surface area contributed by atoms with Crippen molar-refractivity contribution in [3.05, 3.63) is 27.2 Å². The fourth-order valence-electron chi connectivity index (χ4n) is 0.783. The van der Waals surface area contributed by atoms with E-state index in [9.17, 15) is 13.2 Å². The Balaban J connectivity index is 3.32. The first-order valence-corrected chi connectivity index (χ1v) is 4.31. The van der Waals surface area contributed by atoms with Crippen LogP contribution in [0.5, 0.6) is 0 Å². The van der Waals surface area contributed by atoms with Crippen molar-refractivity contribution >= 4 is 33.2 Å². The molecule has 13 heavy (non-hydrogen) atoms. The number of benzene rings is 1. The summed E-state index contributed by atoms with van der Waals surface area (Å²) in [7, 11) is 0. The Morgan fingerprint density at radius 3 is 2.31 bits per heavy atom. The van der Waals surface area contributed by atoms with Gasteiger partial charge in [0.2, 0.25) is 0 Å². The number of hydrogen-bond donors (Lipinski definition) is 1. The molecule has 1 aromatic rings. The second-order valence-corrected chi connectivity index (χ2v) is 3.61. The number of alkyl halides is 3. The molecule has 2 N–H and O–H groups in total. The third kappa shape index (κ3) is 2.28. The van der Waals surface area contributed by atoms with E-state index in [1.807, 2.05) is 0 Å². The van der Waals surface area contributed by atoms with Crippen LogP contribution in [-0.2, 0) is 6.18 Å². The first kappa shape index (κ1) is 10.7. The molecule has 0 bridgehead atoms. The molecule has 0 heterocycles. The average Bonchev–Trinajstić information content (AvgIpc) is 1.94. The van der Waals surface area contributed by atoms with Gasteiger partial charge in [0.15, 0.2) is 0 Å². The van der Waals surface area contributed by atoms with Crippen LogP contribution in [0, 0.1) is 0 Å². The summed E-state index contributed by atoms with van der Waals surface area (Å²) in [6, 6.07) is 1.92. The quantitative estimate of drug-likeness (QED) is 0.717. The number of nitrogen functional groups attached to an aromatic ring is 1. The number of nitrogens with two attached hydrogens (primary N) is 1. The molecular weight excluding hydrogens is 270 g/mol. The summed E-state index contributed by atoms with van der Waals surface area (Å²) in [6.07, 6.45) is -4.47. The Morgan fingerprint density at radius 1 is 1.31 bits per heavy atom. The van der Waals surface area contributed by atoms with Crippen molar-refractivity contribution < 1.29 is 13.2 Å². The van der Waals surface area contributed by atoms with Gasteiger partial charge >= 0.3 is 6.18 Å². The molecule has 0 aliphatic heterocycles. The van der Waals surface area contributed by atoms with Crippen LogP contribution < -0.4 is 5.73 Å². The molecule has 0 atom stereocenters. The van der Waals surface area contributed by atoms with E-state index in [1.165, 1.54) is 0 Å². The van der Waals surface area contributed by atoms with Crippen LogP contribution >= 0.6 is 27.5 Å². The minimum atomic E-state index is -4.47. The molecule has 0 saturated heterocycles. The third-order valence-electron chi connectivity index (χ3n) is 1.39. The van der Waals surface area contributed by atoms with Crippen LogP contribution in [0.3, 0.4) is 0 Å². The summed E-state index contributed by atoms with van der Waals surface area (Å²) >= 11 is 8.35. The van der Waals surface area contributed by atoms with E-state index >= 15 is 0 Å². The predicted molar refractivity (Wildman–Crippen MR) is 48.6 cm³/mol. The molecule has 0 aliphatic rings. The van der Waals surface area contributed by atoms with Gasteiger partial charge in [-0.15, -0.1) is 0 Å². The van der Waals surface area contributed by atoms with E-state index in [2.05, 4.69) is 15.9 Å². The minimum Gasteiger partial charge on any atom is -0.398 e. The molecule has 0 spiro atoms. The van der Waals surface area contributed by atoms with Crippen LogP contribution in [0.1, 0.15) is 5.56 Å². The fourth-order valence-corrected chi connectivity index (χ4v) is 1.53. The maximum atomic E-state index is 12.2. The van der Waals surface area contributed by atoms with Crippen LogP contribution in [0.25, 0.3) is 0 Å². The molecule has 72 valence electrons. The van der Waals surface area contributed by atoms with E-state index in [4.69, 9.17) is 17.3 Å². The highest BCUT2D eigenvalue weighted by molar-refractivity contribution is 9.10. The molecule has 0 radical (unpaired) electrons. The van der Waals surface area contributed by atoms with E-state index in [1.54, 1.807) is 0 Å². The zero-order valence-electron chi connectivity index (χ0n) is 6.12. The second kappa shape index (κ2) is 3.38. The van der Waals surface area contributed by atoms with Crippen molar-refractivity contribution in [2.75, 3.05) is 5.73 Å². The Labute approximate surface area is 85.8 Å². The van der Waals surface area contributed by atoms with Gasteiger partial charge in [-0.3, -0.25) is 0 Å². The Kier molecular flexibility index (Phi) is 2.77. The van der Waals surface area contributed by atoms with Crippen LogP contribution in [0.2, 0.25) is 5.02 Å². The van der Waals surface area contributed by atoms with Crippen molar-refractivity contribution in [2.24, 2.45) is 0 Å². The maximum Gasteiger partial charge on any atom is 0.417 e. The van der Waals surface area contributed by atoms with Gasteiger partial charge in [-0.05, 0) is 28.1 Å². The number of anilines is 1. The van der Waals surface area contributed by atoms with E-state index in [0.29, 0.717) is 4.47 Å². The predicted octanol–water partition coefficient (Wildman–Crippen LogP) is 3.70. The molecule has 1 rings (SSSR count). The van der Waals surface area contributed by atoms with Gasteiger partial charge < -0.3 is 5.73 Å². The molecule has 1 nitrogen and oxygen atoms in total. The summed E-state index contributed by atoms with van der Waals surface area (Å²) in [4.78, 5) is 0. The lowest BCUT2D eigenvalue weighted by molar-refractivity contribution is -0.137. The normalized spacial score (nSPS) is 11.8. The van der Waals surface area contributed by atoms with Crippen LogP contribution in [-0.4, -0.2) is 0 Å². The number of halogens is 5. The largest absolute Gasteiger partial charge is 0.417 e. The number of rotatable bonds is 0. The highest BCUT2D eigenvalue weighted by Gasteiger charge is 2.33. The lowest BCUT2D eigenvalue weighted by Gasteiger charge is -2.10. The smallest absolute Gasteiger partial charge is 0.398 e. The first-order chi connectivity index (χ1) is 5.82. The average molecular weight is 274 g/mol. The molecule has 0 aliphatic carbocycles. The molecule has 1 aromatic carbocycles. The lowest BCUT2D eigenvalue weighted by Crippen LogP contribution is -2.06. The van der Waals surface area contributed by atoms with Crippen molar-refractivity contribution in [3.63, 3.8) is 0 Å². The molecule has 6 heteroatoms. The molecule has 0 fully saturated rings. The van der Waals surface area contributed by atoms with Gasteiger partial charge in [0.25, 0.3) is 0 Å². The van der Waals surface area contributed by atoms with Gasteiger partial charge in [-0.2, -0.15) is 13.2 Å². The van der Waals surface area contributed by atoms with Crippen molar-refractivity contribution in [3.8, 4) is 0 Å². The lowest BCUT2D eigenvalue weighted by atomic mass is 10.2. The zero-order valence-corrected chi connectivity index (χ0v) is 8.46. The number of hydrogen-bond acceptors (Lipinski definition) is 1. The van der Waals surface area contributed by atoms with Crippen molar-refractivity contribution in [1.82, 2.24) is 0 Å². The van der Waals surface area contributed by atoms with Gasteiger partial charge in [-0.25, -0.2) is 0 Å². The Hall–Kier alpha value is -0.420. The van der Waals surface area contributed by atoms with Crippen LogP contribution in [0.4, 0.5) is 18.9 Å². The van der Waals surface area contributed by atoms with Gasteiger partial charge in [0, 0.05) is 10.2 Å². The summed E-state index contributed by atoms with van der Waals surface area (Å²) in [5.41, 5.74) is 4.37. The SMILES string of the molecule is Nc1cc(C(F)(F)F)c(Cl)cc1Br. The Morgan fingerprint density at radius 2 is 1.85 bits per heavy atom. The van der Waals surface area contributed by atoms with Crippen molar-refractivity contribution in [1.29, 1.82) is 0 Å².